The second kappa shape index (κ2) is 6.13. The number of hydrogen-bond donors (Lipinski definition) is 1. The van der Waals surface area contributed by atoms with Crippen LogP contribution in [0.1, 0.15) is 34.5 Å². The summed E-state index contributed by atoms with van der Waals surface area (Å²) >= 11 is 0. The summed E-state index contributed by atoms with van der Waals surface area (Å²) in [6.07, 6.45) is 1.58. The van der Waals surface area contributed by atoms with Gasteiger partial charge in [-0.2, -0.15) is 0 Å². The molecule has 1 heterocycles. The van der Waals surface area contributed by atoms with Crippen molar-refractivity contribution in [1.82, 2.24) is 15.2 Å². The molecule has 1 aromatic carbocycles. The van der Waals surface area contributed by atoms with Gasteiger partial charge in [-0.3, -0.25) is 5.10 Å². The first-order valence-electron chi connectivity index (χ1n) is 6.33. The molecule has 0 saturated heterocycles. The van der Waals surface area contributed by atoms with Crippen molar-refractivity contribution >= 4 is 5.97 Å². The molecule has 0 bridgehead atoms. The number of benzene rings is 1. The molecule has 2 aromatic rings. The van der Waals surface area contributed by atoms with Gasteiger partial charge in [-0.15, -0.1) is 5.10 Å². The Labute approximate surface area is 112 Å². The van der Waals surface area contributed by atoms with E-state index < -0.39 is 5.97 Å². The maximum Gasteiger partial charge on any atom is 0.378 e. The van der Waals surface area contributed by atoms with E-state index in [1.54, 1.807) is 6.92 Å². The molecule has 0 radical (unpaired) electrons. The number of ether oxygens (including phenoxy) is 1. The maximum atomic E-state index is 11.4. The van der Waals surface area contributed by atoms with Crippen molar-refractivity contribution < 1.29 is 9.53 Å². The Kier molecular flexibility index (Phi) is 4.28. The summed E-state index contributed by atoms with van der Waals surface area (Å²) in [6.45, 7) is 4.16. The molecule has 0 atom stereocenters. The molecule has 0 aliphatic heterocycles. The number of carbonyl (C=O) groups is 1. The molecule has 5 nitrogen and oxygen atoms in total. The molecular weight excluding hydrogens is 242 g/mol. The number of esters is 1. The van der Waals surface area contributed by atoms with Crippen molar-refractivity contribution in [2.45, 2.75) is 26.7 Å². The van der Waals surface area contributed by atoms with Crippen molar-refractivity contribution in [1.29, 1.82) is 0 Å². The van der Waals surface area contributed by atoms with Gasteiger partial charge in [-0.1, -0.05) is 24.3 Å². The molecule has 100 valence electrons. The average Bonchev–Trinajstić information content (AvgIpc) is 2.87. The SMILES string of the molecule is CCOC(=O)c1n[nH]c(CCc2ccccc2C)n1. The first-order valence-corrected chi connectivity index (χ1v) is 6.33. The molecule has 0 saturated carbocycles. The zero-order chi connectivity index (χ0) is 13.7. The highest BCUT2D eigenvalue weighted by Gasteiger charge is 2.13. The van der Waals surface area contributed by atoms with E-state index in [-0.39, 0.29) is 5.82 Å². The zero-order valence-corrected chi connectivity index (χ0v) is 11.1. The monoisotopic (exact) mass is 259 g/mol. The third-order valence-corrected chi connectivity index (χ3v) is 2.88. The van der Waals surface area contributed by atoms with Gasteiger partial charge in [-0.25, -0.2) is 9.78 Å². The number of aromatic nitrogens is 3. The topological polar surface area (TPSA) is 67.9 Å². The Morgan fingerprint density at radius 1 is 1.32 bits per heavy atom. The molecular formula is C14H17N3O2. The smallest absolute Gasteiger partial charge is 0.378 e. The molecule has 1 aromatic heterocycles. The number of aromatic amines is 1. The van der Waals surface area contributed by atoms with Crippen LogP contribution in [0.5, 0.6) is 0 Å². The van der Waals surface area contributed by atoms with Crippen LogP contribution < -0.4 is 0 Å². The summed E-state index contributed by atoms with van der Waals surface area (Å²) < 4.78 is 4.84. The normalized spacial score (nSPS) is 10.4. The number of aryl methyl sites for hydroxylation is 3. The third kappa shape index (κ3) is 3.40. The van der Waals surface area contributed by atoms with Crippen molar-refractivity contribution in [3.05, 3.63) is 47.0 Å². The van der Waals surface area contributed by atoms with Gasteiger partial charge in [0, 0.05) is 6.42 Å². The molecule has 5 heteroatoms. The summed E-state index contributed by atoms with van der Waals surface area (Å²) in [4.78, 5) is 15.6. The van der Waals surface area contributed by atoms with Gasteiger partial charge in [-0.05, 0) is 31.4 Å². The summed E-state index contributed by atoms with van der Waals surface area (Å²) in [5.74, 6) is 0.314. The summed E-state index contributed by atoms with van der Waals surface area (Å²) in [5.41, 5.74) is 2.53. The van der Waals surface area contributed by atoms with E-state index in [1.165, 1.54) is 11.1 Å². The van der Waals surface area contributed by atoms with Gasteiger partial charge in [0.25, 0.3) is 5.82 Å². The predicted octanol–water partition coefficient (Wildman–Crippen LogP) is 2.08. The molecule has 0 aliphatic rings. The largest absolute Gasteiger partial charge is 0.460 e. The number of carbonyl (C=O) groups excluding carboxylic acids is 1. The fourth-order valence-electron chi connectivity index (χ4n) is 1.84. The first kappa shape index (κ1) is 13.3. The zero-order valence-electron chi connectivity index (χ0n) is 11.1. The Morgan fingerprint density at radius 3 is 2.84 bits per heavy atom. The van der Waals surface area contributed by atoms with Crippen LogP contribution in [0.2, 0.25) is 0 Å². The van der Waals surface area contributed by atoms with E-state index in [0.717, 1.165) is 12.8 Å². The Morgan fingerprint density at radius 2 is 2.11 bits per heavy atom. The van der Waals surface area contributed by atoms with Gasteiger partial charge in [0.1, 0.15) is 5.82 Å². The molecule has 0 fully saturated rings. The first-order chi connectivity index (χ1) is 9.20. The molecule has 0 unspecified atom stereocenters. The summed E-state index contributed by atoms with van der Waals surface area (Å²) in [6, 6.07) is 8.22. The Hall–Kier alpha value is -2.17. The Balaban J connectivity index is 1.97. The number of hydrogen-bond acceptors (Lipinski definition) is 4. The van der Waals surface area contributed by atoms with E-state index in [9.17, 15) is 4.79 Å². The van der Waals surface area contributed by atoms with Crippen LogP contribution in [0.3, 0.4) is 0 Å². The van der Waals surface area contributed by atoms with E-state index in [0.29, 0.717) is 12.4 Å². The van der Waals surface area contributed by atoms with Gasteiger partial charge in [0.05, 0.1) is 6.61 Å². The van der Waals surface area contributed by atoms with Crippen LogP contribution >= 0.6 is 0 Å². The van der Waals surface area contributed by atoms with E-state index >= 15 is 0 Å². The van der Waals surface area contributed by atoms with Crippen molar-refractivity contribution in [2.24, 2.45) is 0 Å². The molecule has 0 spiro atoms. The standard InChI is InChI=1S/C14H17N3O2/c1-3-19-14(18)13-15-12(16-17-13)9-8-11-7-5-4-6-10(11)2/h4-7H,3,8-9H2,1-2H3,(H,15,16,17). The maximum absolute atomic E-state index is 11.4. The van der Waals surface area contributed by atoms with Gasteiger partial charge >= 0.3 is 5.97 Å². The lowest BCUT2D eigenvalue weighted by molar-refractivity contribution is 0.0512. The molecule has 2 rings (SSSR count). The van der Waals surface area contributed by atoms with E-state index in [2.05, 4.69) is 34.2 Å². The van der Waals surface area contributed by atoms with E-state index in [4.69, 9.17) is 4.74 Å². The van der Waals surface area contributed by atoms with Crippen LogP contribution in [-0.2, 0) is 17.6 Å². The summed E-state index contributed by atoms with van der Waals surface area (Å²) in [5, 5.41) is 6.63. The van der Waals surface area contributed by atoms with Crippen LogP contribution in [-0.4, -0.2) is 27.8 Å². The highest BCUT2D eigenvalue weighted by Crippen LogP contribution is 2.10. The average molecular weight is 259 g/mol. The fraction of sp³-hybridized carbons (Fsp3) is 0.357. The summed E-state index contributed by atoms with van der Waals surface area (Å²) in [7, 11) is 0. The number of rotatable bonds is 5. The lowest BCUT2D eigenvalue weighted by Crippen LogP contribution is -2.06. The van der Waals surface area contributed by atoms with Crippen LogP contribution in [0.25, 0.3) is 0 Å². The van der Waals surface area contributed by atoms with Crippen molar-refractivity contribution in [3.63, 3.8) is 0 Å². The highest BCUT2D eigenvalue weighted by atomic mass is 16.5. The third-order valence-electron chi connectivity index (χ3n) is 2.88. The second-order valence-corrected chi connectivity index (χ2v) is 4.25. The van der Waals surface area contributed by atoms with Gasteiger partial charge in [0.15, 0.2) is 0 Å². The number of H-pyrrole nitrogens is 1. The minimum absolute atomic E-state index is 0.0987. The quantitative estimate of drug-likeness (QED) is 0.835. The second-order valence-electron chi connectivity index (χ2n) is 4.25. The van der Waals surface area contributed by atoms with Crippen LogP contribution in [0, 0.1) is 6.92 Å². The number of nitrogens with one attached hydrogen (secondary N) is 1. The number of nitrogens with zero attached hydrogens (tertiary/aromatic N) is 2. The van der Waals surface area contributed by atoms with Crippen LogP contribution in [0.4, 0.5) is 0 Å². The van der Waals surface area contributed by atoms with Gasteiger partial charge < -0.3 is 4.74 Å². The van der Waals surface area contributed by atoms with Crippen molar-refractivity contribution in [2.75, 3.05) is 6.61 Å². The molecule has 0 aliphatic carbocycles. The molecule has 19 heavy (non-hydrogen) atoms. The lowest BCUT2D eigenvalue weighted by atomic mass is 10.0. The van der Waals surface area contributed by atoms with Crippen LogP contribution in [0.15, 0.2) is 24.3 Å². The fourth-order valence-corrected chi connectivity index (χ4v) is 1.84. The van der Waals surface area contributed by atoms with Crippen molar-refractivity contribution in [3.8, 4) is 0 Å². The highest BCUT2D eigenvalue weighted by molar-refractivity contribution is 5.84. The van der Waals surface area contributed by atoms with Gasteiger partial charge in [0.2, 0.25) is 0 Å². The van der Waals surface area contributed by atoms with E-state index in [1.807, 2.05) is 12.1 Å². The predicted molar refractivity (Wildman–Crippen MR) is 70.9 cm³/mol. The lowest BCUT2D eigenvalue weighted by Gasteiger charge is -2.02. The molecule has 1 N–H and O–H groups in total. The Bertz CT molecular complexity index is 563. The minimum atomic E-state index is -0.485. The molecule has 0 amide bonds. The minimum Gasteiger partial charge on any atom is -0.460 e.